The molecule has 6 nitrogen and oxygen atoms in total. The number of pyridine rings is 1. The number of halogens is 1. The Morgan fingerprint density at radius 2 is 1.96 bits per heavy atom. The van der Waals surface area contributed by atoms with Gasteiger partial charge in [-0.3, -0.25) is 9.78 Å². The summed E-state index contributed by atoms with van der Waals surface area (Å²) in [4.78, 5) is 27.3. The Morgan fingerprint density at radius 3 is 2.60 bits per heavy atom. The molecule has 1 heterocycles. The SMILES string of the molecule is Cc1cc(OCC(=O)OCCNC(=O)c2cccnc2)cc(C)c1Cl. The molecule has 0 saturated carbocycles. The minimum atomic E-state index is -0.513. The zero-order chi connectivity index (χ0) is 18.2. The van der Waals surface area contributed by atoms with Crippen LogP contribution in [0.4, 0.5) is 0 Å². The number of benzene rings is 1. The van der Waals surface area contributed by atoms with Gasteiger partial charge in [-0.1, -0.05) is 11.6 Å². The van der Waals surface area contributed by atoms with Crippen molar-refractivity contribution in [2.75, 3.05) is 19.8 Å². The van der Waals surface area contributed by atoms with E-state index in [1.807, 2.05) is 13.8 Å². The third-order valence-corrected chi connectivity index (χ3v) is 3.94. The molecule has 1 N–H and O–H groups in total. The predicted octanol–water partition coefficient (Wildman–Crippen LogP) is 2.70. The fraction of sp³-hybridized carbons (Fsp3) is 0.278. The van der Waals surface area contributed by atoms with Gasteiger partial charge in [0.25, 0.3) is 5.91 Å². The number of aromatic nitrogens is 1. The van der Waals surface area contributed by atoms with Crippen LogP contribution in [-0.2, 0) is 9.53 Å². The van der Waals surface area contributed by atoms with E-state index in [2.05, 4.69) is 10.3 Å². The fourth-order valence-electron chi connectivity index (χ4n) is 2.10. The minimum Gasteiger partial charge on any atom is -0.482 e. The van der Waals surface area contributed by atoms with E-state index in [4.69, 9.17) is 21.1 Å². The summed E-state index contributed by atoms with van der Waals surface area (Å²) < 4.78 is 10.4. The molecular formula is C18H19ClN2O4. The molecule has 1 aromatic carbocycles. The summed E-state index contributed by atoms with van der Waals surface area (Å²) >= 11 is 6.08. The molecule has 0 aliphatic rings. The molecular weight excluding hydrogens is 344 g/mol. The summed E-state index contributed by atoms with van der Waals surface area (Å²) in [7, 11) is 0. The van der Waals surface area contributed by atoms with Crippen molar-refractivity contribution < 1.29 is 19.1 Å². The lowest BCUT2D eigenvalue weighted by molar-refractivity contribution is -0.145. The molecule has 0 bridgehead atoms. The van der Waals surface area contributed by atoms with E-state index in [-0.39, 0.29) is 25.7 Å². The molecule has 2 aromatic rings. The standard InChI is InChI=1S/C18H19ClN2O4/c1-12-8-15(9-13(2)17(12)19)25-11-16(22)24-7-6-21-18(23)14-4-3-5-20-10-14/h3-5,8-10H,6-7,11H2,1-2H3,(H,21,23). The molecule has 0 aliphatic carbocycles. The van der Waals surface area contributed by atoms with E-state index < -0.39 is 5.97 Å². The van der Waals surface area contributed by atoms with E-state index in [1.165, 1.54) is 6.20 Å². The van der Waals surface area contributed by atoms with Crippen LogP contribution in [0.2, 0.25) is 5.02 Å². The monoisotopic (exact) mass is 362 g/mol. The molecule has 0 radical (unpaired) electrons. The largest absolute Gasteiger partial charge is 0.482 e. The van der Waals surface area contributed by atoms with Crippen molar-refractivity contribution in [3.8, 4) is 5.75 Å². The Labute approximate surface area is 151 Å². The lowest BCUT2D eigenvalue weighted by atomic mass is 10.1. The van der Waals surface area contributed by atoms with Crippen molar-refractivity contribution in [2.24, 2.45) is 0 Å². The zero-order valence-corrected chi connectivity index (χ0v) is 14.8. The normalized spacial score (nSPS) is 10.2. The number of carbonyl (C=O) groups is 2. The smallest absolute Gasteiger partial charge is 0.344 e. The molecule has 2 rings (SSSR count). The molecule has 0 fully saturated rings. The average molecular weight is 363 g/mol. The van der Waals surface area contributed by atoms with Crippen LogP contribution in [-0.4, -0.2) is 36.6 Å². The highest BCUT2D eigenvalue weighted by atomic mass is 35.5. The van der Waals surface area contributed by atoms with Crippen LogP contribution < -0.4 is 10.1 Å². The van der Waals surface area contributed by atoms with Crippen LogP contribution in [0.15, 0.2) is 36.7 Å². The van der Waals surface area contributed by atoms with Crippen LogP contribution in [0, 0.1) is 13.8 Å². The first-order valence-electron chi connectivity index (χ1n) is 7.71. The number of esters is 1. The Bertz CT molecular complexity index is 727. The Hall–Kier alpha value is -2.60. The molecule has 0 unspecified atom stereocenters. The first-order valence-corrected chi connectivity index (χ1v) is 8.08. The van der Waals surface area contributed by atoms with E-state index in [1.54, 1.807) is 30.5 Å². The van der Waals surface area contributed by atoms with Crippen molar-refractivity contribution in [1.82, 2.24) is 10.3 Å². The van der Waals surface area contributed by atoms with Gasteiger partial charge in [0.1, 0.15) is 12.4 Å². The number of aryl methyl sites for hydroxylation is 2. The molecule has 0 spiro atoms. The third-order valence-electron chi connectivity index (χ3n) is 3.34. The van der Waals surface area contributed by atoms with Gasteiger partial charge in [-0.15, -0.1) is 0 Å². The lowest BCUT2D eigenvalue weighted by Crippen LogP contribution is -2.28. The van der Waals surface area contributed by atoms with Crippen molar-refractivity contribution in [2.45, 2.75) is 13.8 Å². The molecule has 132 valence electrons. The van der Waals surface area contributed by atoms with Gasteiger partial charge in [0.05, 0.1) is 12.1 Å². The summed E-state index contributed by atoms with van der Waals surface area (Å²) in [6, 6.07) is 6.85. The van der Waals surface area contributed by atoms with Gasteiger partial charge in [-0.05, 0) is 49.2 Å². The maximum Gasteiger partial charge on any atom is 0.344 e. The first kappa shape index (κ1) is 18.7. The van der Waals surface area contributed by atoms with Crippen molar-refractivity contribution in [3.05, 3.63) is 58.4 Å². The van der Waals surface area contributed by atoms with Gasteiger partial charge < -0.3 is 14.8 Å². The van der Waals surface area contributed by atoms with E-state index in [9.17, 15) is 9.59 Å². The number of amides is 1. The maximum atomic E-state index is 11.8. The fourth-order valence-corrected chi connectivity index (χ4v) is 2.21. The Balaban J connectivity index is 1.68. The summed E-state index contributed by atoms with van der Waals surface area (Å²) in [5.41, 5.74) is 2.21. The van der Waals surface area contributed by atoms with Crippen LogP contribution in [0.25, 0.3) is 0 Å². The highest BCUT2D eigenvalue weighted by Gasteiger charge is 2.08. The zero-order valence-electron chi connectivity index (χ0n) is 14.0. The van der Waals surface area contributed by atoms with Gasteiger partial charge in [0.15, 0.2) is 6.61 Å². The summed E-state index contributed by atoms with van der Waals surface area (Å²) in [6.45, 7) is 3.79. The summed E-state index contributed by atoms with van der Waals surface area (Å²) in [5.74, 6) is -0.227. The Kier molecular flexibility index (Phi) is 6.77. The van der Waals surface area contributed by atoms with Gasteiger partial charge in [0.2, 0.25) is 0 Å². The first-order chi connectivity index (χ1) is 12.0. The number of nitrogens with zero attached hydrogens (tertiary/aromatic N) is 1. The van der Waals surface area contributed by atoms with Crippen LogP contribution in [0.5, 0.6) is 5.75 Å². The van der Waals surface area contributed by atoms with Crippen molar-refractivity contribution >= 4 is 23.5 Å². The number of hydrogen-bond acceptors (Lipinski definition) is 5. The quantitative estimate of drug-likeness (QED) is 0.605. The van der Waals surface area contributed by atoms with Crippen LogP contribution in [0.3, 0.4) is 0 Å². The molecule has 7 heteroatoms. The Morgan fingerprint density at radius 1 is 1.24 bits per heavy atom. The van der Waals surface area contributed by atoms with Gasteiger partial charge in [-0.25, -0.2) is 4.79 Å². The second-order valence-electron chi connectivity index (χ2n) is 5.38. The number of nitrogens with one attached hydrogen (secondary N) is 1. The molecule has 1 aromatic heterocycles. The van der Waals surface area contributed by atoms with Gasteiger partial charge in [-0.2, -0.15) is 0 Å². The molecule has 25 heavy (non-hydrogen) atoms. The van der Waals surface area contributed by atoms with E-state index in [0.717, 1.165) is 11.1 Å². The summed E-state index contributed by atoms with van der Waals surface area (Å²) in [6.07, 6.45) is 3.05. The van der Waals surface area contributed by atoms with Gasteiger partial charge >= 0.3 is 5.97 Å². The summed E-state index contributed by atoms with van der Waals surface area (Å²) in [5, 5.41) is 3.32. The second-order valence-corrected chi connectivity index (χ2v) is 5.76. The third kappa shape index (κ3) is 5.76. The van der Waals surface area contributed by atoms with Crippen molar-refractivity contribution in [3.63, 3.8) is 0 Å². The number of ether oxygens (including phenoxy) is 2. The van der Waals surface area contributed by atoms with Gasteiger partial charge in [0, 0.05) is 17.4 Å². The lowest BCUT2D eigenvalue weighted by Gasteiger charge is -2.10. The van der Waals surface area contributed by atoms with E-state index >= 15 is 0 Å². The molecule has 0 atom stereocenters. The number of rotatable bonds is 7. The van der Waals surface area contributed by atoms with Crippen LogP contribution >= 0.6 is 11.6 Å². The molecule has 0 saturated heterocycles. The highest BCUT2D eigenvalue weighted by Crippen LogP contribution is 2.25. The highest BCUT2D eigenvalue weighted by molar-refractivity contribution is 6.32. The second kappa shape index (κ2) is 9.03. The van der Waals surface area contributed by atoms with Crippen molar-refractivity contribution in [1.29, 1.82) is 0 Å². The topological polar surface area (TPSA) is 77.5 Å². The van der Waals surface area contributed by atoms with Crippen LogP contribution in [0.1, 0.15) is 21.5 Å². The molecule has 1 amide bonds. The number of carbonyl (C=O) groups excluding carboxylic acids is 2. The average Bonchev–Trinajstić information content (AvgIpc) is 2.62. The minimum absolute atomic E-state index is 0.0624. The maximum absolute atomic E-state index is 11.8. The van der Waals surface area contributed by atoms with E-state index in [0.29, 0.717) is 16.3 Å². The number of hydrogen-bond donors (Lipinski definition) is 1. The predicted molar refractivity (Wildman–Crippen MR) is 94.0 cm³/mol. The molecule has 0 aliphatic heterocycles.